The molecule has 1 amide bonds. The number of nitrogens with one attached hydrogen (secondary N) is 1. The maximum atomic E-state index is 11.8. The second-order valence-corrected chi connectivity index (χ2v) is 6.50. The van der Waals surface area contributed by atoms with Crippen molar-refractivity contribution in [2.24, 2.45) is 5.10 Å². The molecular formula is C17H15BrClN3O6. The van der Waals surface area contributed by atoms with Gasteiger partial charge in [0.2, 0.25) is 0 Å². The molecule has 11 heteroatoms. The number of halogens is 2. The molecule has 0 saturated heterocycles. The number of rotatable bonds is 8. The highest BCUT2D eigenvalue weighted by atomic mass is 79.9. The molecule has 0 heterocycles. The number of non-ortho nitro benzene ring substituents is 1. The number of phenols is 1. The van der Waals surface area contributed by atoms with Crippen LogP contribution in [0.1, 0.15) is 12.5 Å². The number of hydrogen-bond acceptors (Lipinski definition) is 7. The maximum Gasteiger partial charge on any atom is 0.277 e. The van der Waals surface area contributed by atoms with Gasteiger partial charge in [-0.25, -0.2) is 5.43 Å². The Labute approximate surface area is 173 Å². The van der Waals surface area contributed by atoms with E-state index in [0.29, 0.717) is 16.6 Å². The number of phenolic OH excluding ortho intramolecular Hbond substituents is 1. The standard InChI is InChI=1S/C17H15BrClN3O6/c1-2-27-15-6-10(5-13(19)17(15)24)8-20-21-16(23)9-28-14-4-3-11(22(25)26)7-12(14)18/h3-8,24H,2,9H2,1H3,(H,21,23)/b20-8+. The van der Waals surface area contributed by atoms with E-state index in [4.69, 9.17) is 21.1 Å². The normalized spacial score (nSPS) is 10.7. The molecule has 2 N–H and O–H groups in total. The maximum absolute atomic E-state index is 11.8. The molecule has 148 valence electrons. The fourth-order valence-electron chi connectivity index (χ4n) is 2.01. The third kappa shape index (κ3) is 5.83. The van der Waals surface area contributed by atoms with Crippen LogP contribution < -0.4 is 14.9 Å². The van der Waals surface area contributed by atoms with Gasteiger partial charge in [-0.1, -0.05) is 11.6 Å². The number of nitrogens with zero attached hydrogens (tertiary/aromatic N) is 2. The smallest absolute Gasteiger partial charge is 0.277 e. The molecule has 9 nitrogen and oxygen atoms in total. The predicted octanol–water partition coefficient (Wildman–Crippen LogP) is 3.64. The average Bonchev–Trinajstić information content (AvgIpc) is 2.64. The van der Waals surface area contributed by atoms with Crippen molar-refractivity contribution in [2.45, 2.75) is 6.92 Å². The van der Waals surface area contributed by atoms with Crippen molar-refractivity contribution in [3.63, 3.8) is 0 Å². The molecule has 0 saturated carbocycles. The highest BCUT2D eigenvalue weighted by Gasteiger charge is 2.11. The first kappa shape index (κ1) is 21.5. The summed E-state index contributed by atoms with van der Waals surface area (Å²) in [6.45, 7) is 1.75. The Bertz CT molecular complexity index is 922. The molecule has 0 radical (unpaired) electrons. The van der Waals surface area contributed by atoms with Gasteiger partial charge in [-0.3, -0.25) is 14.9 Å². The SMILES string of the molecule is CCOc1cc(/C=N/NC(=O)COc2ccc([N+](=O)[O-])cc2Br)cc(Cl)c1O. The van der Waals surface area contributed by atoms with Crippen LogP contribution in [0.15, 0.2) is 39.9 Å². The van der Waals surface area contributed by atoms with Crippen molar-refractivity contribution in [3.8, 4) is 17.2 Å². The van der Waals surface area contributed by atoms with Crippen molar-refractivity contribution in [3.05, 3.63) is 55.5 Å². The van der Waals surface area contributed by atoms with Gasteiger partial charge in [0, 0.05) is 12.1 Å². The zero-order chi connectivity index (χ0) is 20.7. The van der Waals surface area contributed by atoms with Crippen LogP contribution in [0.3, 0.4) is 0 Å². The number of benzene rings is 2. The Kier molecular flexibility index (Phi) is 7.59. The fraction of sp³-hybridized carbons (Fsp3) is 0.176. The molecule has 0 unspecified atom stereocenters. The number of hydrogen-bond donors (Lipinski definition) is 2. The molecule has 2 aromatic carbocycles. The summed E-state index contributed by atoms with van der Waals surface area (Å²) in [5.74, 6) is -0.242. The lowest BCUT2D eigenvalue weighted by Crippen LogP contribution is -2.24. The van der Waals surface area contributed by atoms with E-state index in [1.165, 1.54) is 36.5 Å². The first-order valence-electron chi connectivity index (χ1n) is 7.85. The molecule has 0 spiro atoms. The minimum absolute atomic E-state index is 0.0880. The fourth-order valence-corrected chi connectivity index (χ4v) is 2.71. The third-order valence-electron chi connectivity index (χ3n) is 3.24. The van der Waals surface area contributed by atoms with E-state index in [9.17, 15) is 20.0 Å². The van der Waals surface area contributed by atoms with Gasteiger partial charge >= 0.3 is 0 Å². The summed E-state index contributed by atoms with van der Waals surface area (Å²) in [5, 5.41) is 24.4. The van der Waals surface area contributed by atoms with Crippen LogP contribution in [0.25, 0.3) is 0 Å². The molecule has 2 aromatic rings. The van der Waals surface area contributed by atoms with Crippen molar-refractivity contribution in [2.75, 3.05) is 13.2 Å². The number of carbonyl (C=O) groups excluding carboxylic acids is 1. The molecular weight excluding hydrogens is 458 g/mol. The molecule has 0 aliphatic heterocycles. The van der Waals surface area contributed by atoms with Crippen molar-refractivity contribution < 1.29 is 24.3 Å². The number of amides is 1. The average molecular weight is 473 g/mol. The summed E-state index contributed by atoms with van der Waals surface area (Å²) in [4.78, 5) is 22.0. The Hall–Kier alpha value is -2.85. The lowest BCUT2D eigenvalue weighted by molar-refractivity contribution is -0.384. The Morgan fingerprint density at radius 3 is 2.75 bits per heavy atom. The van der Waals surface area contributed by atoms with E-state index < -0.39 is 10.8 Å². The topological polar surface area (TPSA) is 123 Å². The zero-order valence-electron chi connectivity index (χ0n) is 14.5. The van der Waals surface area contributed by atoms with Crippen LogP contribution in [0.2, 0.25) is 5.02 Å². The van der Waals surface area contributed by atoms with Crippen LogP contribution >= 0.6 is 27.5 Å². The van der Waals surface area contributed by atoms with Gasteiger partial charge in [0.05, 0.1) is 27.2 Å². The molecule has 0 fully saturated rings. The lowest BCUT2D eigenvalue weighted by Gasteiger charge is -2.08. The van der Waals surface area contributed by atoms with Gasteiger partial charge in [-0.15, -0.1) is 0 Å². The van der Waals surface area contributed by atoms with Gasteiger partial charge < -0.3 is 14.6 Å². The van der Waals surface area contributed by atoms with Crippen molar-refractivity contribution >= 4 is 45.3 Å². The summed E-state index contributed by atoms with van der Waals surface area (Å²) < 4.78 is 10.9. The van der Waals surface area contributed by atoms with Gasteiger partial charge in [-0.2, -0.15) is 5.10 Å². The van der Waals surface area contributed by atoms with E-state index in [-0.39, 0.29) is 34.6 Å². The first-order chi connectivity index (χ1) is 13.3. The number of ether oxygens (including phenoxy) is 2. The van der Waals surface area contributed by atoms with Crippen LogP contribution in [0.4, 0.5) is 5.69 Å². The Balaban J connectivity index is 1.93. The number of hydrazone groups is 1. The van der Waals surface area contributed by atoms with Crippen molar-refractivity contribution in [1.29, 1.82) is 0 Å². The Morgan fingerprint density at radius 1 is 1.36 bits per heavy atom. The summed E-state index contributed by atoms with van der Waals surface area (Å²) in [7, 11) is 0. The second kappa shape index (κ2) is 9.90. The van der Waals surface area contributed by atoms with Crippen LogP contribution in [-0.2, 0) is 4.79 Å². The van der Waals surface area contributed by atoms with Crippen molar-refractivity contribution in [1.82, 2.24) is 5.43 Å². The molecule has 0 aromatic heterocycles. The third-order valence-corrected chi connectivity index (χ3v) is 4.15. The summed E-state index contributed by atoms with van der Waals surface area (Å²) in [6, 6.07) is 6.90. The predicted molar refractivity (Wildman–Crippen MR) is 106 cm³/mol. The number of nitro benzene ring substituents is 1. The van der Waals surface area contributed by atoms with Gasteiger partial charge in [-0.05, 0) is 46.6 Å². The summed E-state index contributed by atoms with van der Waals surface area (Å²) >= 11 is 9.06. The summed E-state index contributed by atoms with van der Waals surface area (Å²) in [6.07, 6.45) is 1.33. The highest BCUT2D eigenvalue weighted by molar-refractivity contribution is 9.10. The first-order valence-corrected chi connectivity index (χ1v) is 9.02. The highest BCUT2D eigenvalue weighted by Crippen LogP contribution is 2.34. The minimum Gasteiger partial charge on any atom is -0.503 e. The largest absolute Gasteiger partial charge is 0.503 e. The quantitative estimate of drug-likeness (QED) is 0.343. The van der Waals surface area contributed by atoms with E-state index in [1.54, 1.807) is 6.92 Å². The zero-order valence-corrected chi connectivity index (χ0v) is 16.9. The van der Waals surface area contributed by atoms with E-state index in [2.05, 4.69) is 26.5 Å². The summed E-state index contributed by atoms with van der Waals surface area (Å²) in [5.41, 5.74) is 2.67. The van der Waals surface area contributed by atoms with Gasteiger partial charge in [0.15, 0.2) is 18.1 Å². The van der Waals surface area contributed by atoms with E-state index in [1.807, 2.05) is 0 Å². The molecule has 2 rings (SSSR count). The van der Waals surface area contributed by atoms with Gasteiger partial charge in [0.1, 0.15) is 5.75 Å². The Morgan fingerprint density at radius 2 is 2.11 bits per heavy atom. The number of carbonyl (C=O) groups is 1. The molecule has 0 aliphatic rings. The lowest BCUT2D eigenvalue weighted by atomic mass is 10.2. The molecule has 28 heavy (non-hydrogen) atoms. The van der Waals surface area contributed by atoms with Crippen LogP contribution in [-0.4, -0.2) is 35.4 Å². The molecule has 0 atom stereocenters. The second-order valence-electron chi connectivity index (χ2n) is 5.24. The minimum atomic E-state index is -0.545. The number of nitro groups is 1. The van der Waals surface area contributed by atoms with Crippen LogP contribution in [0.5, 0.6) is 17.2 Å². The van der Waals surface area contributed by atoms with Crippen LogP contribution in [0, 0.1) is 10.1 Å². The monoisotopic (exact) mass is 471 g/mol. The number of aromatic hydroxyl groups is 1. The molecule has 0 bridgehead atoms. The van der Waals surface area contributed by atoms with E-state index in [0.717, 1.165) is 0 Å². The van der Waals surface area contributed by atoms with Gasteiger partial charge in [0.25, 0.3) is 11.6 Å². The molecule has 0 aliphatic carbocycles. The van der Waals surface area contributed by atoms with E-state index >= 15 is 0 Å².